The second-order valence-electron chi connectivity index (χ2n) is 5.40. The second kappa shape index (κ2) is 9.62. The van der Waals surface area contributed by atoms with Crippen LogP contribution in [0.15, 0.2) is 36.4 Å². The number of anilines is 1. The highest BCUT2D eigenvalue weighted by Crippen LogP contribution is 2.28. The average Bonchev–Trinajstić information content (AvgIpc) is 2.63. The molecule has 0 aliphatic heterocycles. The van der Waals surface area contributed by atoms with Crippen LogP contribution < -0.4 is 19.5 Å². The highest BCUT2D eigenvalue weighted by molar-refractivity contribution is 5.92. The molecule has 2 aromatic carbocycles. The SMILES string of the molecule is COCCOc1ccc(NC(=O)Cc2ccc(OC)c(OC)c2)cc1F. The first-order chi connectivity index (χ1) is 12.6. The number of hydrogen-bond acceptors (Lipinski definition) is 5. The van der Waals surface area contributed by atoms with Crippen LogP contribution >= 0.6 is 0 Å². The molecule has 0 aliphatic carbocycles. The van der Waals surface area contributed by atoms with Crippen LogP contribution in [0.5, 0.6) is 17.2 Å². The van der Waals surface area contributed by atoms with E-state index < -0.39 is 5.82 Å². The highest BCUT2D eigenvalue weighted by atomic mass is 19.1. The topological polar surface area (TPSA) is 66.0 Å². The molecule has 0 radical (unpaired) electrons. The van der Waals surface area contributed by atoms with Crippen LogP contribution in [-0.2, 0) is 16.0 Å². The van der Waals surface area contributed by atoms with Crippen molar-refractivity contribution in [3.05, 3.63) is 47.8 Å². The van der Waals surface area contributed by atoms with Gasteiger partial charge in [-0.3, -0.25) is 4.79 Å². The Hall–Kier alpha value is -2.80. The summed E-state index contributed by atoms with van der Waals surface area (Å²) in [7, 11) is 4.61. The van der Waals surface area contributed by atoms with Crippen molar-refractivity contribution >= 4 is 11.6 Å². The summed E-state index contributed by atoms with van der Waals surface area (Å²) in [6.45, 7) is 0.613. The predicted octanol–water partition coefficient (Wildman–Crippen LogP) is 3.05. The van der Waals surface area contributed by atoms with Gasteiger partial charge in [-0.2, -0.15) is 0 Å². The van der Waals surface area contributed by atoms with Gasteiger partial charge in [0.05, 0.1) is 27.2 Å². The number of rotatable bonds is 9. The second-order valence-corrected chi connectivity index (χ2v) is 5.40. The van der Waals surface area contributed by atoms with Crippen molar-refractivity contribution in [2.24, 2.45) is 0 Å². The van der Waals surface area contributed by atoms with Crippen molar-refractivity contribution in [3.8, 4) is 17.2 Å². The Balaban J connectivity index is 1.98. The molecule has 0 fully saturated rings. The van der Waals surface area contributed by atoms with Gasteiger partial charge >= 0.3 is 0 Å². The summed E-state index contributed by atoms with van der Waals surface area (Å²) in [6, 6.07) is 9.50. The number of carbonyl (C=O) groups excluding carboxylic acids is 1. The molecule has 1 amide bonds. The lowest BCUT2D eigenvalue weighted by Crippen LogP contribution is -2.14. The van der Waals surface area contributed by atoms with Gasteiger partial charge in [-0.05, 0) is 29.8 Å². The molecule has 2 aromatic rings. The van der Waals surface area contributed by atoms with E-state index in [2.05, 4.69) is 5.32 Å². The van der Waals surface area contributed by atoms with Crippen LogP contribution in [-0.4, -0.2) is 40.5 Å². The first kappa shape index (κ1) is 19.5. The van der Waals surface area contributed by atoms with E-state index in [1.165, 1.54) is 26.4 Å². The summed E-state index contributed by atoms with van der Waals surface area (Å²) in [5.74, 6) is 0.416. The monoisotopic (exact) mass is 363 g/mol. The van der Waals surface area contributed by atoms with Gasteiger partial charge in [0.1, 0.15) is 6.61 Å². The number of halogens is 1. The van der Waals surface area contributed by atoms with Crippen LogP contribution in [0.3, 0.4) is 0 Å². The number of ether oxygens (including phenoxy) is 4. The van der Waals surface area contributed by atoms with Gasteiger partial charge in [0.2, 0.25) is 5.91 Å². The van der Waals surface area contributed by atoms with Gasteiger partial charge in [-0.1, -0.05) is 6.07 Å². The van der Waals surface area contributed by atoms with Crippen molar-refractivity contribution < 1.29 is 28.1 Å². The summed E-state index contributed by atoms with van der Waals surface area (Å²) in [6.07, 6.45) is 0.119. The number of nitrogens with one attached hydrogen (secondary N) is 1. The predicted molar refractivity (Wildman–Crippen MR) is 95.7 cm³/mol. The zero-order chi connectivity index (χ0) is 18.9. The minimum Gasteiger partial charge on any atom is -0.493 e. The molecule has 0 saturated heterocycles. The average molecular weight is 363 g/mol. The van der Waals surface area contributed by atoms with Crippen molar-refractivity contribution in [2.45, 2.75) is 6.42 Å². The summed E-state index contributed by atoms with van der Waals surface area (Å²) >= 11 is 0. The lowest BCUT2D eigenvalue weighted by atomic mass is 10.1. The number of methoxy groups -OCH3 is 3. The molecule has 0 aliphatic rings. The largest absolute Gasteiger partial charge is 0.493 e. The smallest absolute Gasteiger partial charge is 0.228 e. The highest BCUT2D eigenvalue weighted by Gasteiger charge is 2.10. The van der Waals surface area contributed by atoms with E-state index in [1.54, 1.807) is 31.4 Å². The van der Waals surface area contributed by atoms with Crippen molar-refractivity contribution in [2.75, 3.05) is 39.9 Å². The van der Waals surface area contributed by atoms with Gasteiger partial charge in [0.15, 0.2) is 23.1 Å². The van der Waals surface area contributed by atoms with E-state index in [9.17, 15) is 9.18 Å². The third-order valence-corrected chi connectivity index (χ3v) is 3.57. The lowest BCUT2D eigenvalue weighted by Gasteiger charge is -2.11. The van der Waals surface area contributed by atoms with E-state index >= 15 is 0 Å². The third-order valence-electron chi connectivity index (χ3n) is 3.57. The number of amides is 1. The first-order valence-electron chi connectivity index (χ1n) is 7.99. The Morgan fingerprint density at radius 3 is 2.35 bits per heavy atom. The van der Waals surface area contributed by atoms with Crippen LogP contribution in [0.4, 0.5) is 10.1 Å². The van der Waals surface area contributed by atoms with Crippen LogP contribution in [0.1, 0.15) is 5.56 Å². The molecule has 26 heavy (non-hydrogen) atoms. The normalized spacial score (nSPS) is 10.3. The minimum absolute atomic E-state index is 0.111. The molecule has 0 atom stereocenters. The first-order valence-corrected chi connectivity index (χ1v) is 7.99. The van der Waals surface area contributed by atoms with Gasteiger partial charge < -0.3 is 24.3 Å². The number of benzene rings is 2. The van der Waals surface area contributed by atoms with Crippen molar-refractivity contribution in [1.82, 2.24) is 0 Å². The molecule has 0 spiro atoms. The van der Waals surface area contributed by atoms with E-state index in [4.69, 9.17) is 18.9 Å². The van der Waals surface area contributed by atoms with Crippen LogP contribution in [0.2, 0.25) is 0 Å². The molecule has 7 heteroatoms. The fraction of sp³-hybridized carbons (Fsp3) is 0.316. The zero-order valence-corrected chi connectivity index (χ0v) is 15.0. The molecule has 1 N–H and O–H groups in total. The molecule has 2 rings (SSSR count). The summed E-state index contributed by atoms with van der Waals surface area (Å²) in [4.78, 5) is 12.2. The van der Waals surface area contributed by atoms with Crippen molar-refractivity contribution in [3.63, 3.8) is 0 Å². The Morgan fingerprint density at radius 1 is 0.962 bits per heavy atom. The van der Waals surface area contributed by atoms with Gasteiger partial charge in [-0.25, -0.2) is 4.39 Å². The Bertz CT molecular complexity index is 751. The van der Waals surface area contributed by atoms with E-state index in [1.807, 2.05) is 0 Å². The van der Waals surface area contributed by atoms with Gasteiger partial charge in [0, 0.05) is 18.9 Å². The number of carbonyl (C=O) groups is 1. The Kier molecular flexibility index (Phi) is 7.23. The molecule has 0 unspecified atom stereocenters. The standard InChI is InChI=1S/C19H22FNO5/c1-23-8-9-26-16-7-5-14(12-15(16)20)21-19(22)11-13-4-6-17(24-2)18(10-13)25-3/h4-7,10,12H,8-9,11H2,1-3H3,(H,21,22). The third kappa shape index (κ3) is 5.35. The minimum atomic E-state index is -0.551. The molecule has 0 bridgehead atoms. The summed E-state index contributed by atoms with van der Waals surface area (Å²) in [5, 5.41) is 2.66. The summed E-state index contributed by atoms with van der Waals surface area (Å²) in [5.41, 5.74) is 1.10. The molecular weight excluding hydrogens is 341 g/mol. The van der Waals surface area contributed by atoms with Gasteiger partial charge in [0.25, 0.3) is 0 Å². The Labute approximate surface area is 151 Å². The van der Waals surface area contributed by atoms with E-state index in [0.29, 0.717) is 23.8 Å². The molecule has 6 nitrogen and oxygen atoms in total. The molecular formula is C19H22FNO5. The molecule has 140 valence electrons. The maximum Gasteiger partial charge on any atom is 0.228 e. The maximum absolute atomic E-state index is 14.0. The van der Waals surface area contributed by atoms with Crippen molar-refractivity contribution in [1.29, 1.82) is 0 Å². The molecule has 0 saturated carbocycles. The fourth-order valence-electron chi connectivity index (χ4n) is 2.31. The summed E-state index contributed by atoms with van der Waals surface area (Å²) < 4.78 is 34.5. The van der Waals surface area contributed by atoms with Crippen LogP contribution in [0, 0.1) is 5.82 Å². The number of hydrogen-bond donors (Lipinski definition) is 1. The zero-order valence-electron chi connectivity index (χ0n) is 15.0. The molecule has 0 aromatic heterocycles. The fourth-order valence-corrected chi connectivity index (χ4v) is 2.31. The lowest BCUT2D eigenvalue weighted by molar-refractivity contribution is -0.115. The maximum atomic E-state index is 14.0. The quantitative estimate of drug-likeness (QED) is 0.694. The van der Waals surface area contributed by atoms with Gasteiger partial charge in [-0.15, -0.1) is 0 Å². The van der Waals surface area contributed by atoms with Crippen LogP contribution in [0.25, 0.3) is 0 Å². The molecule has 0 heterocycles. The van der Waals surface area contributed by atoms with E-state index in [0.717, 1.165) is 5.56 Å². The van der Waals surface area contributed by atoms with E-state index in [-0.39, 0.29) is 24.7 Å². The Morgan fingerprint density at radius 2 is 1.69 bits per heavy atom.